The Kier molecular flexibility index (Phi) is 54.2. The Morgan fingerprint density at radius 2 is 1.00 bits per heavy atom. The fourth-order valence-electron chi connectivity index (χ4n) is 15.2. The van der Waals surface area contributed by atoms with Crippen molar-refractivity contribution in [1.82, 2.24) is 49.4 Å². The van der Waals surface area contributed by atoms with Crippen molar-refractivity contribution in [2.45, 2.75) is 313 Å². The monoisotopic (exact) mass is 1730 g/mol. The third-order valence-electron chi connectivity index (χ3n) is 22.2. The number of carboxylic acid groups (broad SMARTS) is 1. The van der Waals surface area contributed by atoms with E-state index in [9.17, 15) is 78.3 Å². The number of hydrogen-bond donors (Lipinski definition) is 7. The molecule has 8 aliphatic rings. The molecular formula is C91H164N10O21. The van der Waals surface area contributed by atoms with E-state index in [-0.39, 0.29) is 179 Å². The number of carbonyl (C=O) groups excluding carboxylic acids is 10. The van der Waals surface area contributed by atoms with Gasteiger partial charge < -0.3 is 89.2 Å². The molecule has 8 rings (SSSR count). The molecule has 2 aliphatic carbocycles. The summed E-state index contributed by atoms with van der Waals surface area (Å²) >= 11 is 0. The van der Waals surface area contributed by atoms with Crippen molar-refractivity contribution in [2.75, 3.05) is 120 Å². The first-order chi connectivity index (χ1) is 55.5. The van der Waals surface area contributed by atoms with Gasteiger partial charge in [-0.25, -0.2) is 14.4 Å². The minimum Gasteiger partial charge on any atom is -0.480 e. The minimum absolute atomic E-state index is 0. The molecule has 0 radical (unpaired) electrons. The highest BCUT2D eigenvalue weighted by Gasteiger charge is 2.63. The van der Waals surface area contributed by atoms with Gasteiger partial charge in [0.2, 0.25) is 35.4 Å². The number of allylic oxidation sites excluding steroid dienone is 6. The second-order valence-electron chi connectivity index (χ2n) is 34.1. The average Bonchev–Trinajstić information content (AvgIpc) is 1.58. The number of aliphatic carboxylic acids is 1. The van der Waals surface area contributed by atoms with E-state index in [1.165, 1.54) is 34.3 Å². The van der Waals surface area contributed by atoms with Gasteiger partial charge in [-0.15, -0.1) is 26.3 Å². The van der Waals surface area contributed by atoms with Crippen molar-refractivity contribution in [1.29, 1.82) is 0 Å². The van der Waals surface area contributed by atoms with Crippen LogP contribution in [0.25, 0.3) is 0 Å². The molecule has 6 heterocycles. The van der Waals surface area contributed by atoms with Crippen molar-refractivity contribution in [3.8, 4) is 0 Å². The summed E-state index contributed by atoms with van der Waals surface area (Å²) in [5.74, 6) is -2.84. The highest BCUT2D eigenvalue weighted by molar-refractivity contribution is 5.94. The van der Waals surface area contributed by atoms with Crippen molar-refractivity contribution >= 4 is 65.5 Å². The molecule has 5 saturated heterocycles. The summed E-state index contributed by atoms with van der Waals surface area (Å²) in [4.78, 5) is 150. The summed E-state index contributed by atoms with van der Waals surface area (Å²) in [7, 11) is 7.02. The number of β-amino-alcohol motifs (C(OH)–C–C–N with tert-alkyl or cyclic N) is 4. The van der Waals surface area contributed by atoms with Crippen molar-refractivity contribution in [2.24, 2.45) is 22.7 Å². The number of nitrogens with zero attached hydrogens (tertiary/aromatic N) is 9. The van der Waals surface area contributed by atoms with Crippen molar-refractivity contribution in [3.63, 3.8) is 0 Å². The van der Waals surface area contributed by atoms with E-state index in [2.05, 4.69) is 63.4 Å². The maximum absolute atomic E-state index is 13.0. The highest BCUT2D eigenvalue weighted by Crippen LogP contribution is 2.58. The number of aliphatic hydroxyl groups excluding tert-OH is 5. The summed E-state index contributed by atoms with van der Waals surface area (Å²) in [6.07, 6.45) is 20.6. The molecule has 0 unspecified atom stereocenters. The SMILES string of the molecule is C.C.C.C.C=CCCCCN(C)C(=O)[C@@H]1C[C@@H](O)CN1.C=CCCCCN(C)C(=O)[C@@H]1C[C@@H](O)CN1C(=O)C[C@]1(C(=O)OCC)C[C@H]1C=C.C=CCCCCN(C)C(=O)[C@@H]1C[C@@H](O)CN1C(=O)OC(C)(C)C.CC(C)(C)OC(=O)N1C[C@H](O)C[C@H]1C(=O)O.CCN(CC)CC.CCOC(=O)[C@]12CC(=O)N3C[C@H](O)C[C@H]3C(=O)N(C)CCCC/C=C\[C@@H]1C2. The zero-order valence-electron chi connectivity index (χ0n) is 73.8. The average molecular weight is 1730 g/mol. The number of fused-ring (bicyclic) bond motifs is 2. The van der Waals surface area contributed by atoms with Gasteiger partial charge in [-0.1, -0.05) is 86.9 Å². The van der Waals surface area contributed by atoms with Crippen molar-refractivity contribution < 1.29 is 102 Å². The Hall–Kier alpha value is -7.81. The highest BCUT2D eigenvalue weighted by atomic mass is 16.6. The number of rotatable bonds is 29. The molecular weight excluding hydrogens is 1570 g/mol. The number of aliphatic hydroxyl groups is 5. The number of carboxylic acids is 1. The molecule has 31 heteroatoms. The van der Waals surface area contributed by atoms with Crippen LogP contribution in [0.1, 0.15) is 241 Å². The molecule has 0 aromatic heterocycles. The molecule has 0 spiro atoms. The third-order valence-corrected chi connectivity index (χ3v) is 22.2. The first-order valence-electron chi connectivity index (χ1n) is 42.7. The molecule has 122 heavy (non-hydrogen) atoms. The molecule has 0 bridgehead atoms. The normalized spacial score (nSPS) is 25.7. The molecule has 2 saturated carbocycles. The zero-order valence-corrected chi connectivity index (χ0v) is 73.8. The van der Waals surface area contributed by atoms with Gasteiger partial charge in [-0.2, -0.15) is 0 Å². The number of unbranched alkanes of at least 4 members (excludes halogenated alkanes) is 6. The number of likely N-dealkylation sites (N-methyl/N-ethyl adjacent to an activating group) is 4. The van der Waals surface area contributed by atoms with Gasteiger partial charge in [-0.05, 0) is 183 Å². The first kappa shape index (κ1) is 116. The van der Waals surface area contributed by atoms with Gasteiger partial charge >= 0.3 is 30.1 Å². The largest absolute Gasteiger partial charge is 0.480 e. The van der Waals surface area contributed by atoms with E-state index < -0.39 is 88.8 Å². The van der Waals surface area contributed by atoms with E-state index in [4.69, 9.17) is 24.1 Å². The van der Waals surface area contributed by atoms with E-state index in [0.29, 0.717) is 45.4 Å². The lowest BCUT2D eigenvalue weighted by Crippen LogP contribution is -2.48. The van der Waals surface area contributed by atoms with Crippen LogP contribution in [0.15, 0.2) is 62.8 Å². The van der Waals surface area contributed by atoms with Crippen LogP contribution in [-0.2, 0) is 62.1 Å². The van der Waals surface area contributed by atoms with E-state index in [1.54, 1.807) is 102 Å². The predicted octanol–water partition coefficient (Wildman–Crippen LogP) is 10.0. The van der Waals surface area contributed by atoms with E-state index in [1.807, 2.05) is 31.4 Å². The molecule has 7 fully saturated rings. The van der Waals surface area contributed by atoms with Crippen LogP contribution in [-0.4, -0.2) is 332 Å². The number of hydrogen-bond acceptors (Lipinski definition) is 22. The minimum atomic E-state index is -1.12. The molecule has 0 aromatic rings. The van der Waals surface area contributed by atoms with Crippen LogP contribution in [0.5, 0.6) is 0 Å². The number of carbonyl (C=O) groups is 11. The number of nitrogens with one attached hydrogen (secondary N) is 1. The number of likely N-dealkylation sites (tertiary alicyclic amines) is 3. The summed E-state index contributed by atoms with van der Waals surface area (Å²) in [5.41, 5.74) is -3.00. The molecule has 8 amide bonds. The Balaban J connectivity index is 0. The maximum atomic E-state index is 13.0. The van der Waals surface area contributed by atoms with Crippen LogP contribution in [0.2, 0.25) is 0 Å². The number of ether oxygens (including phenoxy) is 4. The van der Waals surface area contributed by atoms with Crippen LogP contribution in [0, 0.1) is 22.7 Å². The smallest absolute Gasteiger partial charge is 0.411 e. The Morgan fingerprint density at radius 3 is 1.41 bits per heavy atom. The standard InChI is InChI=1S/C22H34N2O5.C20H30N2O5.C17H30N2O4.C12H22N2O2.C10H17NO5.C6H15N.4CH4/c1-5-8-9-10-11-23(4)20(27)18-12-17(25)15-24(18)19(26)14-22(13-16(22)6-2)21(28)29-7-3;1-3-27-19(26)20-11-14(20)8-6-4-5-7-9-21(2)18(25)16-10-15(23)13-22(16)17(24)12-20;1-6-7-8-9-10-18(5)15(21)14-11-13(20)12-19(14)16(22)23-17(2,3)4;1-3-4-5-6-7-14(2)12(16)11-8-10(15)9-13-11;1-10(2,3)16-9(15)11-5-6(12)4-7(11)8(13)14;1-4-7(5-2)6-3;;;;/h5-6,16-18,25H,1-2,7-15H2,3-4H3;6,8,14-16,23H,3-5,7,9-13H2,1-2H3;6,13-14,20H,1,7-12H2,2-5H3;3,10-11,13,15H,1,4-9H2,2H3;6-7,12H,4-5H2,1-3H3,(H,13,14);4-6H2,1-3H3;4*1H4/b;8-6-;;;;;;;;/t16-,17-,18+,22-;14-,15-,16+,20-;13-,14+;10-,11+;6-,7+;;;;;/m11111...../s1. The van der Waals surface area contributed by atoms with Gasteiger partial charge in [0, 0.05) is 113 Å². The fraction of sp³-hybridized carbons (Fsp3) is 0.769. The number of amides is 8. The van der Waals surface area contributed by atoms with Crippen LogP contribution < -0.4 is 5.32 Å². The molecule has 14 atom stereocenters. The summed E-state index contributed by atoms with van der Waals surface area (Å²) in [6.45, 7) is 42.9. The topological polar surface area (TPSA) is 387 Å². The van der Waals surface area contributed by atoms with Gasteiger partial charge in [0.15, 0.2) is 0 Å². The van der Waals surface area contributed by atoms with E-state index in [0.717, 1.165) is 88.5 Å². The molecule has 704 valence electrons. The summed E-state index contributed by atoms with van der Waals surface area (Å²) in [5, 5.41) is 60.7. The van der Waals surface area contributed by atoms with Gasteiger partial charge in [0.05, 0.1) is 73.7 Å². The molecule has 6 aliphatic heterocycles. The van der Waals surface area contributed by atoms with Crippen molar-refractivity contribution in [3.05, 3.63) is 62.8 Å². The van der Waals surface area contributed by atoms with Crippen LogP contribution >= 0.6 is 0 Å². The van der Waals surface area contributed by atoms with Crippen LogP contribution in [0.3, 0.4) is 0 Å². The Bertz CT molecular complexity index is 3280. The van der Waals surface area contributed by atoms with Gasteiger partial charge in [0.1, 0.15) is 35.4 Å². The fourth-order valence-corrected chi connectivity index (χ4v) is 15.2. The molecule has 0 aromatic carbocycles. The third kappa shape index (κ3) is 37.6. The lowest BCUT2D eigenvalue weighted by Gasteiger charge is -2.30. The number of esters is 2. The van der Waals surface area contributed by atoms with Gasteiger partial charge in [0.25, 0.3) is 0 Å². The molecule has 31 nitrogen and oxygen atoms in total. The quantitative estimate of drug-likeness (QED) is 0.0158. The Labute approximate surface area is 732 Å². The second-order valence-corrected chi connectivity index (χ2v) is 34.1. The lowest BCUT2D eigenvalue weighted by atomic mass is 9.97. The molecule has 7 N–H and O–H groups in total. The van der Waals surface area contributed by atoms with Crippen LogP contribution in [0.4, 0.5) is 9.59 Å². The van der Waals surface area contributed by atoms with Gasteiger partial charge in [-0.3, -0.25) is 48.2 Å². The second kappa shape index (κ2) is 56.9. The summed E-state index contributed by atoms with van der Waals surface area (Å²) < 4.78 is 20.8. The maximum Gasteiger partial charge on any atom is 0.411 e. The summed E-state index contributed by atoms with van der Waals surface area (Å²) in [6, 6.07) is -3.18. The van der Waals surface area contributed by atoms with E-state index >= 15 is 0 Å². The zero-order chi connectivity index (χ0) is 89.0. The first-order valence-corrected chi connectivity index (χ1v) is 42.7. The predicted molar refractivity (Wildman–Crippen MR) is 477 cm³/mol. The Morgan fingerprint density at radius 1 is 0.566 bits per heavy atom. The lowest BCUT2D eigenvalue weighted by molar-refractivity contribution is -0.154.